The molecule has 0 unspecified atom stereocenters. The largest absolute Gasteiger partial charge is 0.130 e. The first kappa shape index (κ1) is 2.74. The zero-order chi connectivity index (χ0) is 4.83. The lowest BCUT2D eigenvalue weighted by Crippen LogP contribution is -1.26. The van der Waals surface area contributed by atoms with Gasteiger partial charge in [0.15, 0.2) is 0 Å². The summed E-state index contributed by atoms with van der Waals surface area (Å²) in [6.45, 7) is 2.22. The van der Waals surface area contributed by atoms with E-state index in [9.17, 15) is 0 Å². The topological polar surface area (TPSA) is 0 Å². The molecular formula is C5H8. The Hall–Kier alpha value is -0.480. The minimum absolute atomic E-state index is 0.338. The second-order valence-corrected chi connectivity index (χ2v) is 0.659. The highest BCUT2D eigenvalue weighted by Crippen LogP contribution is 1.57. The average Bonchev–Trinajstić information content (AvgIpc) is 1.61. The molecule has 0 saturated carbocycles. The molecule has 0 heteroatoms. The highest BCUT2D eigenvalue weighted by Gasteiger charge is 1.35. The van der Waals surface area contributed by atoms with Crippen LogP contribution in [0.25, 0.3) is 0 Å². The first-order chi connectivity index (χ1) is 2.91. The molecule has 0 aromatic rings. The van der Waals surface area contributed by atoms with Crippen molar-refractivity contribution in [2.24, 2.45) is 0 Å². The zero-order valence-corrected chi connectivity index (χ0v) is 3.36. The van der Waals surface area contributed by atoms with Crippen LogP contribution in [0.15, 0.2) is 17.9 Å². The molecular weight excluding hydrogens is 60.1 g/mol. The van der Waals surface area contributed by atoms with Crippen molar-refractivity contribution in [2.45, 2.75) is 13.8 Å². The van der Waals surface area contributed by atoms with Crippen molar-refractivity contribution in [3.8, 4) is 0 Å². The molecule has 0 aliphatic carbocycles. The van der Waals surface area contributed by atoms with E-state index in [1.54, 1.807) is 12.2 Å². The Balaban J connectivity index is 3.18. The van der Waals surface area contributed by atoms with E-state index in [2.05, 4.69) is 5.73 Å². The van der Waals surface area contributed by atoms with Crippen LogP contribution in [0.2, 0.25) is 0 Å². The van der Waals surface area contributed by atoms with Gasteiger partial charge in [-0.25, -0.2) is 0 Å². The summed E-state index contributed by atoms with van der Waals surface area (Å²) in [5.74, 6) is 0. The van der Waals surface area contributed by atoms with Crippen LogP contribution >= 0.6 is 0 Å². The van der Waals surface area contributed by atoms with Crippen molar-refractivity contribution < 1.29 is 1.37 Å². The van der Waals surface area contributed by atoms with E-state index in [0.29, 0.717) is 6.90 Å². The Bertz CT molecular complexity index is 68.0. The van der Waals surface area contributed by atoms with E-state index in [-0.39, 0.29) is 0 Å². The summed E-state index contributed by atoms with van der Waals surface area (Å²) in [5.41, 5.74) is 2.76. The van der Waals surface area contributed by atoms with Crippen molar-refractivity contribution in [1.82, 2.24) is 0 Å². The second kappa shape index (κ2) is 3.52. The molecule has 0 saturated heterocycles. The van der Waals surface area contributed by atoms with Gasteiger partial charge in [0.1, 0.15) is 0 Å². The molecule has 0 radical (unpaired) electrons. The summed E-state index contributed by atoms with van der Waals surface area (Å²) in [4.78, 5) is 0. The highest BCUT2D eigenvalue weighted by atomic mass is 13.4. The number of hydrogen-bond acceptors (Lipinski definition) is 0. The predicted molar refractivity (Wildman–Crippen MR) is 24.0 cm³/mol. The van der Waals surface area contributed by atoms with Crippen LogP contribution in [0.3, 0.4) is 0 Å². The van der Waals surface area contributed by atoms with Crippen molar-refractivity contribution in [1.29, 1.82) is 0 Å². The Morgan fingerprint density at radius 3 is 2.80 bits per heavy atom. The first-order valence-electron chi connectivity index (χ1n) is 2.27. The summed E-state index contributed by atoms with van der Waals surface area (Å²) in [5, 5.41) is 0. The van der Waals surface area contributed by atoms with Crippen molar-refractivity contribution >= 4 is 0 Å². The Morgan fingerprint density at radius 2 is 2.60 bits per heavy atom. The molecule has 0 amide bonds. The molecule has 0 bridgehead atoms. The molecule has 0 aliphatic heterocycles. The minimum Gasteiger partial charge on any atom is -0.130 e. The summed E-state index contributed by atoms with van der Waals surface area (Å²) in [6, 6.07) is 0. The van der Waals surface area contributed by atoms with Gasteiger partial charge < -0.3 is 0 Å². The van der Waals surface area contributed by atoms with Crippen LogP contribution in [0.1, 0.15) is 15.2 Å². The van der Waals surface area contributed by atoms with Gasteiger partial charge in [0.25, 0.3) is 0 Å². The monoisotopic (exact) mass is 69.1 g/mol. The SMILES string of the molecule is [2H]CC=C=CC. The van der Waals surface area contributed by atoms with Gasteiger partial charge in [-0.05, 0) is 26.0 Å². The summed E-state index contributed by atoms with van der Waals surface area (Å²) < 4.78 is 6.57. The maximum Gasteiger partial charge on any atom is 0.0280 e. The van der Waals surface area contributed by atoms with E-state index in [0.717, 1.165) is 0 Å². The molecule has 0 nitrogen and oxygen atoms in total. The molecule has 0 spiro atoms. The molecule has 0 fully saturated rings. The molecule has 0 heterocycles. The summed E-state index contributed by atoms with van der Waals surface area (Å²) in [6.07, 6.45) is 3.45. The van der Waals surface area contributed by atoms with Gasteiger partial charge in [-0.3, -0.25) is 0 Å². The zero-order valence-electron chi connectivity index (χ0n) is 4.36. The third-order valence-corrected chi connectivity index (χ3v) is 0.285. The van der Waals surface area contributed by atoms with Gasteiger partial charge in [-0.15, -0.1) is 5.73 Å². The summed E-state index contributed by atoms with van der Waals surface area (Å²) >= 11 is 0. The number of hydrogen-bond donors (Lipinski definition) is 0. The average molecular weight is 69.1 g/mol. The van der Waals surface area contributed by atoms with Crippen molar-refractivity contribution in [3.63, 3.8) is 0 Å². The quantitative estimate of drug-likeness (QED) is 0.380. The van der Waals surface area contributed by atoms with Crippen LogP contribution in [0, 0.1) is 0 Å². The van der Waals surface area contributed by atoms with Crippen molar-refractivity contribution in [3.05, 3.63) is 17.9 Å². The second-order valence-electron chi connectivity index (χ2n) is 0.659. The van der Waals surface area contributed by atoms with Gasteiger partial charge in [-0.1, -0.05) is 0 Å². The van der Waals surface area contributed by atoms with Gasteiger partial charge in [0.05, 0.1) is 0 Å². The van der Waals surface area contributed by atoms with E-state index in [1.165, 1.54) is 0 Å². The fourth-order valence-corrected chi connectivity index (χ4v) is 0.118. The third-order valence-electron chi connectivity index (χ3n) is 0.285. The van der Waals surface area contributed by atoms with E-state index in [1.807, 2.05) is 6.92 Å². The van der Waals surface area contributed by atoms with Crippen LogP contribution in [0.4, 0.5) is 0 Å². The fraction of sp³-hybridized carbons (Fsp3) is 0.400. The Kier molecular flexibility index (Phi) is 1.93. The van der Waals surface area contributed by atoms with Crippen LogP contribution in [-0.2, 0) is 0 Å². The van der Waals surface area contributed by atoms with Gasteiger partial charge in [0.2, 0.25) is 0 Å². The number of allylic oxidation sites excluding steroid dienone is 1. The Labute approximate surface area is 34.2 Å². The lowest BCUT2D eigenvalue weighted by atomic mass is 10.6. The fourth-order valence-electron chi connectivity index (χ4n) is 0.118. The molecule has 5 heavy (non-hydrogen) atoms. The van der Waals surface area contributed by atoms with E-state index in [4.69, 9.17) is 1.37 Å². The van der Waals surface area contributed by atoms with Crippen LogP contribution < -0.4 is 0 Å². The van der Waals surface area contributed by atoms with Gasteiger partial charge in [-0.2, -0.15) is 0 Å². The number of rotatable bonds is 0. The highest BCUT2D eigenvalue weighted by molar-refractivity contribution is 4.76. The normalized spacial score (nSPS) is 7.80. The molecule has 0 rings (SSSR count). The summed E-state index contributed by atoms with van der Waals surface area (Å²) in [7, 11) is 0. The maximum atomic E-state index is 6.57. The molecule has 0 N–H and O–H groups in total. The van der Waals surface area contributed by atoms with E-state index >= 15 is 0 Å². The molecule has 28 valence electrons. The lowest BCUT2D eigenvalue weighted by molar-refractivity contribution is 1.71. The molecule has 0 aliphatic rings. The predicted octanol–water partition coefficient (Wildman–Crippen LogP) is 1.74. The molecule has 0 aromatic carbocycles. The first-order valence-corrected chi connectivity index (χ1v) is 1.56. The molecule has 0 aromatic heterocycles. The minimum atomic E-state index is 0.338. The smallest absolute Gasteiger partial charge is 0.0280 e. The van der Waals surface area contributed by atoms with Gasteiger partial charge in [0, 0.05) is 1.37 Å². The standard InChI is InChI=1S/C5H8/c1-3-5-4-2/h3-4H,1-2H3/i1D. The van der Waals surface area contributed by atoms with Crippen LogP contribution in [0.5, 0.6) is 0 Å². The maximum absolute atomic E-state index is 6.57. The van der Waals surface area contributed by atoms with Crippen LogP contribution in [-0.4, -0.2) is 0 Å². The Morgan fingerprint density at radius 1 is 1.80 bits per heavy atom. The molecule has 0 atom stereocenters. The van der Waals surface area contributed by atoms with E-state index < -0.39 is 0 Å². The van der Waals surface area contributed by atoms with Crippen molar-refractivity contribution in [2.75, 3.05) is 0 Å². The lowest BCUT2D eigenvalue weighted by Gasteiger charge is -1.48. The van der Waals surface area contributed by atoms with Gasteiger partial charge >= 0.3 is 0 Å². The third kappa shape index (κ3) is 3.52.